The molecule has 8 nitrogen and oxygen atoms in total. The number of ether oxygens (including phenoxy) is 1. The highest BCUT2D eigenvalue weighted by molar-refractivity contribution is 5.88. The summed E-state index contributed by atoms with van der Waals surface area (Å²) in [7, 11) is 0. The molecule has 0 radical (unpaired) electrons. The predicted octanol–water partition coefficient (Wildman–Crippen LogP) is 5.00. The Kier molecular flexibility index (Phi) is 7.78. The van der Waals surface area contributed by atoms with Crippen LogP contribution in [-0.2, 0) is 24.2 Å². The molecule has 2 N–H and O–H groups in total. The maximum atomic E-state index is 13.1. The van der Waals surface area contributed by atoms with E-state index in [-0.39, 0.29) is 17.9 Å². The number of rotatable bonds is 11. The fourth-order valence-electron chi connectivity index (χ4n) is 4.67. The average Bonchev–Trinajstić information content (AvgIpc) is 3.61. The van der Waals surface area contributed by atoms with E-state index in [1.807, 2.05) is 72.2 Å². The Morgan fingerprint density at radius 1 is 1.00 bits per heavy atom. The van der Waals surface area contributed by atoms with Crippen LogP contribution >= 0.6 is 0 Å². The molecule has 0 spiro atoms. The first kappa shape index (κ1) is 25.2. The number of nitrogens with one attached hydrogen (secondary N) is 2. The third-order valence-corrected chi connectivity index (χ3v) is 6.82. The number of H-pyrrole nitrogens is 1. The highest BCUT2D eigenvalue weighted by Gasteiger charge is 2.21. The zero-order valence-electron chi connectivity index (χ0n) is 21.7. The third-order valence-electron chi connectivity index (χ3n) is 6.82. The lowest BCUT2D eigenvalue weighted by atomic mass is 10.00. The van der Waals surface area contributed by atoms with Crippen LogP contribution in [0.25, 0.3) is 10.9 Å². The number of benzene rings is 3. The summed E-state index contributed by atoms with van der Waals surface area (Å²) >= 11 is 0. The van der Waals surface area contributed by atoms with Gasteiger partial charge in [0.05, 0.1) is 0 Å². The predicted molar refractivity (Wildman–Crippen MR) is 147 cm³/mol. The minimum Gasteiger partial charge on any atom is -0.489 e. The van der Waals surface area contributed by atoms with E-state index >= 15 is 0 Å². The van der Waals surface area contributed by atoms with E-state index in [1.165, 1.54) is 5.56 Å². The molecule has 0 fully saturated rings. The topological polar surface area (TPSA) is 97.7 Å². The van der Waals surface area contributed by atoms with Gasteiger partial charge in [0, 0.05) is 29.6 Å². The van der Waals surface area contributed by atoms with Crippen molar-refractivity contribution in [3.05, 3.63) is 108 Å². The fourth-order valence-corrected chi connectivity index (χ4v) is 4.67. The smallest absolute Gasteiger partial charge is 0.242 e. The number of aromatic amines is 1. The highest BCUT2D eigenvalue weighted by atomic mass is 16.5. The molecule has 1 amide bonds. The third kappa shape index (κ3) is 5.91. The van der Waals surface area contributed by atoms with E-state index in [1.54, 1.807) is 0 Å². The molecule has 0 aliphatic heterocycles. The number of amides is 1. The first-order valence-corrected chi connectivity index (χ1v) is 12.9. The van der Waals surface area contributed by atoms with Gasteiger partial charge in [-0.05, 0) is 54.7 Å². The molecular formula is C30H32N6O2. The Morgan fingerprint density at radius 2 is 1.74 bits per heavy atom. The van der Waals surface area contributed by atoms with Crippen LogP contribution in [0.2, 0.25) is 0 Å². The largest absolute Gasteiger partial charge is 0.489 e. The number of hydrogen-bond donors (Lipinski definition) is 2. The molecule has 5 aromatic rings. The molecule has 8 heteroatoms. The van der Waals surface area contributed by atoms with Crippen LogP contribution in [0.15, 0.2) is 85.1 Å². The first-order chi connectivity index (χ1) is 18.6. The molecule has 2 atom stereocenters. The fraction of sp³-hybridized carbons (Fsp3) is 0.267. The second-order valence-electron chi connectivity index (χ2n) is 9.59. The normalized spacial score (nSPS) is 12.8. The van der Waals surface area contributed by atoms with E-state index < -0.39 is 0 Å². The summed E-state index contributed by atoms with van der Waals surface area (Å²) in [5.74, 6) is 1.48. The maximum Gasteiger partial charge on any atom is 0.242 e. The zero-order chi connectivity index (χ0) is 26.3. The molecule has 2 heterocycles. The van der Waals surface area contributed by atoms with Crippen molar-refractivity contribution in [1.29, 1.82) is 0 Å². The average molecular weight is 509 g/mol. The Labute approximate surface area is 222 Å². The van der Waals surface area contributed by atoms with E-state index in [2.05, 4.69) is 57.3 Å². The van der Waals surface area contributed by atoms with Gasteiger partial charge in [0.2, 0.25) is 5.91 Å². The molecule has 194 valence electrons. The van der Waals surface area contributed by atoms with Crippen molar-refractivity contribution in [2.45, 2.75) is 45.3 Å². The van der Waals surface area contributed by atoms with E-state index in [4.69, 9.17) is 4.74 Å². The zero-order valence-corrected chi connectivity index (χ0v) is 21.7. The maximum absolute atomic E-state index is 13.1. The standard InChI is InChI=1S/C30H32N6O2/c1-21(29-32-34-35-33-29)17-25-19-36(22(2)30(37)31-16-15-23-9-5-3-6-10-23)28-14-13-26(18-27(25)28)38-20-24-11-7-4-8-12-24/h3-14,18-19,21-22H,15-17,20H2,1-2H3,(H,31,37)(H,32,33,34,35). The van der Waals surface area contributed by atoms with Gasteiger partial charge in [-0.3, -0.25) is 4.79 Å². The van der Waals surface area contributed by atoms with Crippen molar-refractivity contribution < 1.29 is 9.53 Å². The Morgan fingerprint density at radius 3 is 2.45 bits per heavy atom. The van der Waals surface area contributed by atoms with Gasteiger partial charge in [0.1, 0.15) is 18.4 Å². The number of nitrogens with zero attached hydrogens (tertiary/aromatic N) is 4. The van der Waals surface area contributed by atoms with Crippen LogP contribution in [0.5, 0.6) is 5.75 Å². The summed E-state index contributed by atoms with van der Waals surface area (Å²) in [5.41, 5.74) is 4.40. The molecule has 0 aliphatic rings. The van der Waals surface area contributed by atoms with Crippen LogP contribution in [0, 0.1) is 0 Å². The Hall–Kier alpha value is -4.46. The summed E-state index contributed by atoms with van der Waals surface area (Å²) in [4.78, 5) is 13.1. The van der Waals surface area contributed by atoms with Gasteiger partial charge >= 0.3 is 0 Å². The summed E-state index contributed by atoms with van der Waals surface area (Å²) in [5, 5.41) is 18.7. The van der Waals surface area contributed by atoms with Crippen molar-refractivity contribution >= 4 is 16.8 Å². The monoisotopic (exact) mass is 508 g/mol. The van der Waals surface area contributed by atoms with Gasteiger partial charge in [0.25, 0.3) is 0 Å². The molecule has 0 saturated heterocycles. The van der Waals surface area contributed by atoms with Crippen molar-refractivity contribution in [1.82, 2.24) is 30.5 Å². The number of hydrogen-bond acceptors (Lipinski definition) is 5. The molecule has 0 saturated carbocycles. The van der Waals surface area contributed by atoms with Crippen LogP contribution in [0.1, 0.15) is 48.3 Å². The summed E-state index contributed by atoms with van der Waals surface area (Å²) in [6.07, 6.45) is 3.57. The van der Waals surface area contributed by atoms with E-state index in [0.29, 0.717) is 25.4 Å². The lowest BCUT2D eigenvalue weighted by Crippen LogP contribution is -2.32. The first-order valence-electron chi connectivity index (χ1n) is 12.9. The van der Waals surface area contributed by atoms with E-state index in [9.17, 15) is 4.79 Å². The second kappa shape index (κ2) is 11.7. The Balaban J connectivity index is 1.37. The molecule has 38 heavy (non-hydrogen) atoms. The minimum atomic E-state index is -0.376. The lowest BCUT2D eigenvalue weighted by molar-refractivity contribution is -0.123. The Bertz CT molecular complexity index is 1470. The number of carbonyl (C=O) groups is 1. The van der Waals surface area contributed by atoms with Gasteiger partial charge < -0.3 is 14.6 Å². The van der Waals surface area contributed by atoms with Crippen molar-refractivity contribution in [3.63, 3.8) is 0 Å². The highest BCUT2D eigenvalue weighted by Crippen LogP contribution is 2.32. The van der Waals surface area contributed by atoms with Gasteiger partial charge in [-0.2, -0.15) is 5.21 Å². The van der Waals surface area contributed by atoms with Crippen LogP contribution in [0.3, 0.4) is 0 Å². The molecule has 2 aromatic heterocycles. The molecular weight excluding hydrogens is 476 g/mol. The molecule has 0 aliphatic carbocycles. The number of aromatic nitrogens is 5. The molecule has 3 aromatic carbocycles. The van der Waals surface area contributed by atoms with Crippen LogP contribution < -0.4 is 10.1 Å². The molecule has 2 unspecified atom stereocenters. The second-order valence-corrected chi connectivity index (χ2v) is 9.59. The summed E-state index contributed by atoms with van der Waals surface area (Å²) in [6.45, 7) is 5.08. The number of carbonyl (C=O) groups excluding carboxylic acids is 1. The SMILES string of the molecule is CC(Cc1cn(C(C)C(=O)NCCc2ccccc2)c2ccc(OCc3ccccc3)cc12)c1nn[nH]n1. The number of fused-ring (bicyclic) bond motifs is 1. The molecule has 5 rings (SSSR count). The number of tetrazole rings is 1. The van der Waals surface area contributed by atoms with E-state index in [0.717, 1.165) is 34.2 Å². The van der Waals surface area contributed by atoms with Crippen LogP contribution in [0.4, 0.5) is 0 Å². The van der Waals surface area contributed by atoms with Gasteiger partial charge in [0.15, 0.2) is 5.82 Å². The quantitative estimate of drug-likeness (QED) is 0.262. The van der Waals surface area contributed by atoms with Crippen molar-refractivity contribution in [2.75, 3.05) is 6.54 Å². The van der Waals surface area contributed by atoms with Crippen molar-refractivity contribution in [3.8, 4) is 5.75 Å². The molecule has 0 bridgehead atoms. The summed E-state index contributed by atoms with van der Waals surface area (Å²) in [6, 6.07) is 26.0. The van der Waals surface area contributed by atoms with Gasteiger partial charge in [-0.25, -0.2) is 0 Å². The van der Waals surface area contributed by atoms with Gasteiger partial charge in [-0.1, -0.05) is 72.8 Å². The van der Waals surface area contributed by atoms with Gasteiger partial charge in [-0.15, -0.1) is 10.2 Å². The minimum absolute atomic E-state index is 0.0139. The summed E-state index contributed by atoms with van der Waals surface area (Å²) < 4.78 is 8.16. The lowest BCUT2D eigenvalue weighted by Gasteiger charge is -2.16. The van der Waals surface area contributed by atoms with Crippen LogP contribution in [-0.4, -0.2) is 37.6 Å². The van der Waals surface area contributed by atoms with Crippen molar-refractivity contribution in [2.24, 2.45) is 0 Å².